The Bertz CT molecular complexity index is 804. The molecule has 3 aromatic rings. The first kappa shape index (κ1) is 13.0. The quantitative estimate of drug-likeness (QED) is 0.577. The molecule has 3 rings (SSSR count). The van der Waals surface area contributed by atoms with Gasteiger partial charge in [-0.1, -0.05) is 34.1 Å². The summed E-state index contributed by atoms with van der Waals surface area (Å²) in [6.07, 6.45) is 3.29. The molecular weight excluding hydrogens is 340 g/mol. The van der Waals surface area contributed by atoms with E-state index in [1.54, 1.807) is 24.6 Å². The Morgan fingerprint density at radius 3 is 2.90 bits per heavy atom. The summed E-state index contributed by atoms with van der Waals surface area (Å²) in [5.41, 5.74) is 0.945. The van der Waals surface area contributed by atoms with Gasteiger partial charge in [0.2, 0.25) is 10.6 Å². The van der Waals surface area contributed by atoms with Crippen LogP contribution in [0.1, 0.15) is 5.56 Å². The highest BCUT2D eigenvalue weighted by molar-refractivity contribution is 9.10. The van der Waals surface area contributed by atoms with Crippen molar-refractivity contribution >= 4 is 34.4 Å². The second kappa shape index (κ2) is 5.56. The van der Waals surface area contributed by atoms with Crippen molar-refractivity contribution in [2.24, 2.45) is 5.10 Å². The minimum absolute atomic E-state index is 0.403. The maximum atomic E-state index is 5.32. The minimum Gasteiger partial charge on any atom is -0.461 e. The lowest BCUT2D eigenvalue weighted by molar-refractivity contribution is 0.573. The van der Waals surface area contributed by atoms with Crippen LogP contribution in [0.4, 0.5) is 0 Å². The average Bonchev–Trinajstić information content (AvgIpc) is 3.08. The van der Waals surface area contributed by atoms with Gasteiger partial charge in [-0.25, -0.2) is 5.10 Å². The molecule has 1 aromatic carbocycles. The molecule has 0 radical (unpaired) electrons. The van der Waals surface area contributed by atoms with Crippen LogP contribution >= 0.6 is 28.1 Å². The minimum atomic E-state index is 0.403. The normalized spacial score (nSPS) is 11.2. The van der Waals surface area contributed by atoms with E-state index in [9.17, 15) is 0 Å². The summed E-state index contributed by atoms with van der Waals surface area (Å²) in [6.45, 7) is 0. The molecule has 100 valence electrons. The number of nitrogens with one attached hydrogen (secondary N) is 1. The molecule has 0 spiro atoms. The maximum Gasteiger partial charge on any atom is 0.219 e. The lowest BCUT2D eigenvalue weighted by Gasteiger charge is -1.99. The lowest BCUT2D eigenvalue weighted by atomic mass is 10.2. The van der Waals surface area contributed by atoms with Crippen molar-refractivity contribution < 1.29 is 4.42 Å². The van der Waals surface area contributed by atoms with Gasteiger partial charge >= 0.3 is 0 Å². The van der Waals surface area contributed by atoms with Crippen LogP contribution in [0.5, 0.6) is 0 Å². The molecular formula is C13H9BrN4OS. The second-order valence-electron chi connectivity index (χ2n) is 3.91. The van der Waals surface area contributed by atoms with E-state index in [0.29, 0.717) is 16.4 Å². The Kier molecular flexibility index (Phi) is 3.62. The highest BCUT2D eigenvalue weighted by atomic mass is 79.9. The standard InChI is InChI=1S/C13H9BrN4OS/c14-10-5-2-1-4-9(10)8-15-18-12(16-17-13(18)20)11-6-3-7-19-11/h1-8H,(H,17,20). The van der Waals surface area contributed by atoms with Gasteiger partial charge in [0.05, 0.1) is 12.5 Å². The zero-order valence-corrected chi connectivity index (χ0v) is 12.6. The second-order valence-corrected chi connectivity index (χ2v) is 5.15. The predicted molar refractivity (Wildman–Crippen MR) is 82.2 cm³/mol. The van der Waals surface area contributed by atoms with Gasteiger partial charge in [-0.15, -0.1) is 5.10 Å². The lowest BCUT2D eigenvalue weighted by Crippen LogP contribution is -1.94. The zero-order chi connectivity index (χ0) is 13.9. The Morgan fingerprint density at radius 1 is 1.30 bits per heavy atom. The van der Waals surface area contributed by atoms with Gasteiger partial charge in [0.15, 0.2) is 5.76 Å². The molecule has 20 heavy (non-hydrogen) atoms. The molecule has 5 nitrogen and oxygen atoms in total. The van der Waals surface area contributed by atoms with E-state index in [0.717, 1.165) is 10.0 Å². The van der Waals surface area contributed by atoms with Crippen LogP contribution in [0.2, 0.25) is 0 Å². The summed E-state index contributed by atoms with van der Waals surface area (Å²) in [6, 6.07) is 11.4. The SMILES string of the molecule is S=c1[nH]nc(-c2ccco2)n1N=Cc1ccccc1Br. The van der Waals surface area contributed by atoms with Crippen LogP contribution in [0.15, 0.2) is 56.7 Å². The number of benzene rings is 1. The van der Waals surface area contributed by atoms with Crippen LogP contribution in [0.3, 0.4) is 0 Å². The molecule has 2 heterocycles. The molecule has 2 aromatic heterocycles. The van der Waals surface area contributed by atoms with E-state index in [1.165, 1.54) is 4.68 Å². The number of aromatic nitrogens is 3. The van der Waals surface area contributed by atoms with Crippen LogP contribution in [0.25, 0.3) is 11.6 Å². The smallest absolute Gasteiger partial charge is 0.219 e. The molecule has 0 bridgehead atoms. The van der Waals surface area contributed by atoms with Gasteiger partial charge in [-0.05, 0) is 30.4 Å². The van der Waals surface area contributed by atoms with Gasteiger partial charge in [0.1, 0.15) is 0 Å². The highest BCUT2D eigenvalue weighted by Gasteiger charge is 2.10. The molecule has 1 N–H and O–H groups in total. The molecule has 7 heteroatoms. The third-order valence-corrected chi connectivity index (χ3v) is 3.60. The van der Waals surface area contributed by atoms with Gasteiger partial charge in [0.25, 0.3) is 0 Å². The fourth-order valence-electron chi connectivity index (χ4n) is 1.66. The molecule has 0 aliphatic carbocycles. The summed E-state index contributed by atoms with van der Waals surface area (Å²) in [4.78, 5) is 0. The number of hydrogen-bond donors (Lipinski definition) is 1. The summed E-state index contributed by atoms with van der Waals surface area (Å²) >= 11 is 8.64. The molecule has 0 aliphatic rings. The van der Waals surface area contributed by atoms with E-state index in [1.807, 2.05) is 24.3 Å². The molecule has 0 amide bonds. The van der Waals surface area contributed by atoms with Crippen molar-refractivity contribution in [3.63, 3.8) is 0 Å². The number of H-pyrrole nitrogens is 1. The summed E-state index contributed by atoms with van der Waals surface area (Å²) in [5.74, 6) is 1.13. The first-order valence-corrected chi connectivity index (χ1v) is 6.96. The van der Waals surface area contributed by atoms with E-state index in [2.05, 4.69) is 31.2 Å². The molecule has 0 saturated carbocycles. The van der Waals surface area contributed by atoms with Crippen LogP contribution in [0, 0.1) is 4.77 Å². The average molecular weight is 349 g/mol. The Labute approximate surface area is 128 Å². The van der Waals surface area contributed by atoms with Crippen molar-refractivity contribution in [1.29, 1.82) is 0 Å². The van der Waals surface area contributed by atoms with E-state index >= 15 is 0 Å². The summed E-state index contributed by atoms with van der Waals surface area (Å²) < 4.78 is 8.20. The molecule has 0 aliphatic heterocycles. The molecule has 0 fully saturated rings. The van der Waals surface area contributed by atoms with Crippen molar-refractivity contribution in [3.8, 4) is 11.6 Å². The van der Waals surface area contributed by atoms with Crippen LogP contribution < -0.4 is 0 Å². The number of halogens is 1. The van der Waals surface area contributed by atoms with Crippen LogP contribution in [-0.2, 0) is 0 Å². The number of aromatic amines is 1. The maximum absolute atomic E-state index is 5.32. The largest absolute Gasteiger partial charge is 0.461 e. The third kappa shape index (κ3) is 2.50. The summed E-state index contributed by atoms with van der Waals surface area (Å²) in [5, 5.41) is 11.2. The first-order chi connectivity index (χ1) is 9.75. The van der Waals surface area contributed by atoms with Crippen molar-refractivity contribution in [2.45, 2.75) is 0 Å². The first-order valence-electron chi connectivity index (χ1n) is 5.76. The number of furan rings is 1. The topological polar surface area (TPSA) is 59.1 Å². The van der Waals surface area contributed by atoms with E-state index < -0.39 is 0 Å². The van der Waals surface area contributed by atoms with Gasteiger partial charge < -0.3 is 4.42 Å². The Hall–Kier alpha value is -1.99. The molecule has 0 unspecified atom stereocenters. The third-order valence-electron chi connectivity index (χ3n) is 2.61. The number of rotatable bonds is 3. The van der Waals surface area contributed by atoms with E-state index in [-0.39, 0.29) is 0 Å². The van der Waals surface area contributed by atoms with Gasteiger partial charge in [0, 0.05) is 10.0 Å². The Morgan fingerprint density at radius 2 is 2.15 bits per heavy atom. The monoisotopic (exact) mass is 348 g/mol. The fraction of sp³-hybridized carbons (Fsp3) is 0. The molecule has 0 saturated heterocycles. The highest BCUT2D eigenvalue weighted by Crippen LogP contribution is 2.18. The fourth-order valence-corrected chi connectivity index (χ4v) is 2.23. The van der Waals surface area contributed by atoms with Crippen molar-refractivity contribution in [3.05, 3.63) is 57.5 Å². The Balaban J connectivity index is 2.02. The van der Waals surface area contributed by atoms with Crippen molar-refractivity contribution in [1.82, 2.24) is 14.9 Å². The van der Waals surface area contributed by atoms with Gasteiger partial charge in [-0.3, -0.25) is 0 Å². The number of hydrogen-bond acceptors (Lipinski definition) is 4. The van der Waals surface area contributed by atoms with Crippen LogP contribution in [-0.4, -0.2) is 21.1 Å². The van der Waals surface area contributed by atoms with Gasteiger partial charge in [-0.2, -0.15) is 9.78 Å². The van der Waals surface area contributed by atoms with E-state index in [4.69, 9.17) is 16.6 Å². The predicted octanol–water partition coefficient (Wildman–Crippen LogP) is 3.85. The van der Waals surface area contributed by atoms with Crippen molar-refractivity contribution in [2.75, 3.05) is 0 Å². The summed E-state index contributed by atoms with van der Waals surface area (Å²) in [7, 11) is 0. The number of nitrogens with zero attached hydrogens (tertiary/aromatic N) is 3. The molecule has 0 atom stereocenters. The zero-order valence-electron chi connectivity index (χ0n) is 10.2.